The largest absolute Gasteiger partial charge is 0.444 e. The van der Waals surface area contributed by atoms with Crippen LogP contribution in [0.15, 0.2) is 12.4 Å². The Morgan fingerprint density at radius 2 is 1.75 bits per heavy atom. The maximum Gasteiger partial charge on any atom is 0.410 e. The van der Waals surface area contributed by atoms with Crippen LogP contribution in [0.4, 0.5) is 4.79 Å². The first-order valence-electron chi connectivity index (χ1n) is 7.57. The summed E-state index contributed by atoms with van der Waals surface area (Å²) < 4.78 is 5.41. The molecule has 0 aromatic carbocycles. The van der Waals surface area contributed by atoms with E-state index < -0.39 is 5.60 Å². The molecule has 1 aromatic rings. The third kappa shape index (κ3) is 5.58. The Balaban J connectivity index is 0.000000891. The van der Waals surface area contributed by atoms with Crippen LogP contribution in [0.2, 0.25) is 5.15 Å². The predicted molar refractivity (Wildman–Crippen MR) is 86.4 cm³/mol. The fourth-order valence-electron chi connectivity index (χ4n) is 2.47. The Bertz CT molecular complexity index is 602. The van der Waals surface area contributed by atoms with Crippen LogP contribution in [-0.4, -0.2) is 45.8 Å². The monoisotopic (exact) mass is 355 g/mol. The Hall–Kier alpha value is -1.98. The second-order valence-electron chi connectivity index (χ2n) is 6.81. The molecule has 1 aliphatic rings. The van der Waals surface area contributed by atoms with Gasteiger partial charge in [-0.05, 0) is 33.6 Å². The minimum absolute atomic E-state index is 0.149. The molecule has 24 heavy (non-hydrogen) atoms. The minimum Gasteiger partial charge on any atom is -0.444 e. The lowest BCUT2D eigenvalue weighted by Crippen LogP contribution is -2.46. The van der Waals surface area contributed by atoms with Crippen LogP contribution < -0.4 is 0 Å². The van der Waals surface area contributed by atoms with E-state index in [2.05, 4.69) is 16.9 Å². The summed E-state index contributed by atoms with van der Waals surface area (Å²) in [5, 5.41) is 0.450. The lowest BCUT2D eigenvalue weighted by Gasteiger charge is -2.39. The van der Waals surface area contributed by atoms with Gasteiger partial charge < -0.3 is 9.64 Å². The number of likely N-dealkylation sites (tertiary alicyclic amines) is 1. The Kier molecular flexibility index (Phi) is 6.87. The van der Waals surface area contributed by atoms with Crippen molar-refractivity contribution >= 4 is 23.8 Å². The van der Waals surface area contributed by atoms with Gasteiger partial charge in [-0.3, -0.25) is 4.98 Å². The van der Waals surface area contributed by atoms with Crippen LogP contribution in [0.25, 0.3) is 0 Å². The lowest BCUT2D eigenvalue weighted by molar-refractivity contribution is -0.191. The number of hydrogen-bond donors (Lipinski definition) is 0. The number of halogens is 1. The van der Waals surface area contributed by atoms with E-state index in [0.29, 0.717) is 18.2 Å². The maximum atomic E-state index is 12.1. The van der Waals surface area contributed by atoms with Crippen LogP contribution in [-0.2, 0) is 19.7 Å². The fraction of sp³-hybridized carbons (Fsp3) is 0.625. The van der Waals surface area contributed by atoms with Crippen molar-refractivity contribution in [3.8, 4) is 0 Å². The predicted octanol–water partition coefficient (Wildman–Crippen LogP) is 2.84. The Morgan fingerprint density at radius 1 is 1.25 bits per heavy atom. The summed E-state index contributed by atoms with van der Waals surface area (Å²) in [4.78, 5) is 38.5. The number of aromatic nitrogens is 2. The molecule has 0 aliphatic carbocycles. The number of hydrogen-bond acceptors (Lipinski definition) is 6. The van der Waals surface area contributed by atoms with Gasteiger partial charge in [-0.15, -0.1) is 0 Å². The number of rotatable bonds is 1. The molecular formula is C16H22ClN3O4. The highest BCUT2D eigenvalue weighted by Gasteiger charge is 2.37. The second kappa shape index (κ2) is 8.22. The zero-order chi connectivity index (χ0) is 18.4. The van der Waals surface area contributed by atoms with Gasteiger partial charge in [-0.1, -0.05) is 18.5 Å². The van der Waals surface area contributed by atoms with E-state index in [1.165, 1.54) is 0 Å². The van der Waals surface area contributed by atoms with E-state index >= 15 is 0 Å². The molecule has 0 bridgehead atoms. The van der Waals surface area contributed by atoms with E-state index in [9.17, 15) is 4.79 Å². The lowest BCUT2D eigenvalue weighted by atomic mass is 9.78. The molecule has 0 spiro atoms. The molecule has 1 amide bonds. The van der Waals surface area contributed by atoms with E-state index in [1.807, 2.05) is 20.8 Å². The number of piperidine rings is 1. The third-order valence-corrected chi connectivity index (χ3v) is 4.02. The number of ether oxygens (including phenoxy) is 1. The smallest absolute Gasteiger partial charge is 0.410 e. The first-order chi connectivity index (χ1) is 11.1. The molecule has 7 nitrogen and oxygen atoms in total. The molecule has 1 fully saturated rings. The summed E-state index contributed by atoms with van der Waals surface area (Å²) in [6.07, 6.45) is 4.84. The summed E-state index contributed by atoms with van der Waals surface area (Å²) in [5.41, 5.74) is 0.200. The number of nitrogens with zero attached hydrogens (tertiary/aromatic N) is 3. The zero-order valence-electron chi connectivity index (χ0n) is 14.3. The van der Waals surface area contributed by atoms with Crippen molar-refractivity contribution in [2.24, 2.45) is 0 Å². The molecule has 0 N–H and O–H groups in total. The molecule has 0 saturated carbocycles. The molecule has 0 radical (unpaired) electrons. The first-order valence-corrected chi connectivity index (χ1v) is 7.95. The Labute approximate surface area is 146 Å². The van der Waals surface area contributed by atoms with Gasteiger partial charge in [0.05, 0.1) is 5.69 Å². The van der Waals surface area contributed by atoms with Crippen molar-refractivity contribution in [2.75, 3.05) is 13.1 Å². The quantitative estimate of drug-likeness (QED) is 0.769. The summed E-state index contributed by atoms with van der Waals surface area (Å²) in [6.45, 7) is 9.01. The van der Waals surface area contributed by atoms with Gasteiger partial charge in [0.1, 0.15) is 5.60 Å². The van der Waals surface area contributed by atoms with Crippen LogP contribution in [0.1, 0.15) is 46.2 Å². The fourth-order valence-corrected chi connectivity index (χ4v) is 2.81. The molecule has 2 heterocycles. The summed E-state index contributed by atoms with van der Waals surface area (Å²) in [5.74, 6) is 0. The molecule has 1 saturated heterocycles. The minimum atomic E-state index is -0.466. The molecular weight excluding hydrogens is 334 g/mol. The molecule has 2 rings (SSSR count). The van der Waals surface area contributed by atoms with Crippen molar-refractivity contribution in [1.82, 2.24) is 14.9 Å². The average Bonchev–Trinajstić information content (AvgIpc) is 2.47. The van der Waals surface area contributed by atoms with Gasteiger partial charge >= 0.3 is 12.2 Å². The number of carbonyl (C=O) groups excluding carboxylic acids is 3. The van der Waals surface area contributed by atoms with E-state index in [-0.39, 0.29) is 17.7 Å². The number of amides is 1. The van der Waals surface area contributed by atoms with Gasteiger partial charge in [0, 0.05) is 30.9 Å². The van der Waals surface area contributed by atoms with Gasteiger partial charge in [-0.25, -0.2) is 9.78 Å². The van der Waals surface area contributed by atoms with Crippen LogP contribution in [0.5, 0.6) is 0 Å². The SMILES string of the molecule is CC(C)(C)OC(=O)N1CCC(C)(c2nccnc2Cl)CC1.O=C=O. The maximum absolute atomic E-state index is 12.1. The molecule has 132 valence electrons. The normalized spacial score (nSPS) is 16.5. The first kappa shape index (κ1) is 20.1. The third-order valence-electron chi connectivity index (χ3n) is 3.74. The molecule has 0 atom stereocenters. The van der Waals surface area contributed by atoms with Crippen LogP contribution in [0.3, 0.4) is 0 Å². The van der Waals surface area contributed by atoms with Gasteiger partial charge in [0.25, 0.3) is 0 Å². The van der Waals surface area contributed by atoms with Crippen LogP contribution in [0, 0.1) is 0 Å². The zero-order valence-corrected chi connectivity index (χ0v) is 15.1. The van der Waals surface area contributed by atoms with E-state index in [0.717, 1.165) is 18.5 Å². The standard InChI is InChI=1S/C15H22ClN3O2.CO2/c1-14(2,3)21-13(20)19-9-5-15(4,6-10-19)11-12(16)18-8-7-17-11;2-1-3/h7-8H,5-6,9-10H2,1-4H3;. The van der Waals surface area contributed by atoms with Crippen molar-refractivity contribution in [1.29, 1.82) is 0 Å². The van der Waals surface area contributed by atoms with Gasteiger partial charge in [0.15, 0.2) is 5.15 Å². The van der Waals surface area contributed by atoms with Crippen molar-refractivity contribution in [3.05, 3.63) is 23.2 Å². The average molecular weight is 356 g/mol. The van der Waals surface area contributed by atoms with Crippen molar-refractivity contribution in [3.63, 3.8) is 0 Å². The molecule has 0 unspecified atom stereocenters. The van der Waals surface area contributed by atoms with Crippen LogP contribution >= 0.6 is 11.6 Å². The summed E-state index contributed by atoms with van der Waals surface area (Å²) in [6, 6.07) is 0. The molecule has 1 aromatic heterocycles. The molecule has 1 aliphatic heterocycles. The second-order valence-corrected chi connectivity index (χ2v) is 7.17. The molecule has 8 heteroatoms. The number of carbonyl (C=O) groups is 1. The summed E-state index contributed by atoms with van der Waals surface area (Å²) >= 11 is 6.15. The highest BCUT2D eigenvalue weighted by molar-refractivity contribution is 6.30. The Morgan fingerprint density at radius 3 is 2.21 bits per heavy atom. The topological polar surface area (TPSA) is 89.5 Å². The van der Waals surface area contributed by atoms with E-state index in [4.69, 9.17) is 25.9 Å². The van der Waals surface area contributed by atoms with Gasteiger partial charge in [-0.2, -0.15) is 9.59 Å². The van der Waals surface area contributed by atoms with E-state index in [1.54, 1.807) is 17.3 Å². The highest BCUT2D eigenvalue weighted by Crippen LogP contribution is 2.36. The van der Waals surface area contributed by atoms with Gasteiger partial charge in [0.2, 0.25) is 0 Å². The highest BCUT2D eigenvalue weighted by atomic mass is 35.5. The van der Waals surface area contributed by atoms with Crippen molar-refractivity contribution < 1.29 is 19.1 Å². The summed E-state index contributed by atoms with van der Waals surface area (Å²) in [7, 11) is 0. The van der Waals surface area contributed by atoms with Crippen molar-refractivity contribution in [2.45, 2.75) is 51.6 Å².